The second-order valence-electron chi connectivity index (χ2n) is 7.40. The third kappa shape index (κ3) is 4.16. The normalized spacial score (nSPS) is 16.1. The molecule has 1 aliphatic rings. The Morgan fingerprint density at radius 3 is 2.42 bits per heavy atom. The van der Waals surface area contributed by atoms with Crippen molar-refractivity contribution in [3.63, 3.8) is 0 Å². The molecular weight excluding hydrogens is 409 g/mol. The lowest BCUT2D eigenvalue weighted by Gasteiger charge is -2.22. The van der Waals surface area contributed by atoms with E-state index < -0.39 is 30.3 Å². The summed E-state index contributed by atoms with van der Waals surface area (Å²) in [4.78, 5) is 28.7. The number of nitrogens with two attached hydrogens (primary N) is 1. The Hall–Kier alpha value is -3.62. The van der Waals surface area contributed by atoms with Crippen LogP contribution in [0.5, 0.6) is 0 Å². The lowest BCUT2D eigenvalue weighted by molar-refractivity contribution is -0.140. The number of aromatic nitrogens is 2. The van der Waals surface area contributed by atoms with Crippen LogP contribution in [-0.2, 0) is 17.8 Å². The van der Waals surface area contributed by atoms with Crippen LogP contribution in [0, 0.1) is 5.92 Å². The van der Waals surface area contributed by atoms with Gasteiger partial charge in [-0.3, -0.25) is 14.6 Å². The number of carbonyl (C=O) groups excluding carboxylic acids is 2. The molecule has 3 N–H and O–H groups in total. The van der Waals surface area contributed by atoms with E-state index >= 15 is 0 Å². The number of pyridine rings is 1. The summed E-state index contributed by atoms with van der Waals surface area (Å²) in [5, 5.41) is 3.13. The predicted octanol–water partition coefficient (Wildman–Crippen LogP) is 4.09. The molecule has 0 fully saturated rings. The fraction of sp³-hybridized carbons (Fsp3) is 0.227. The minimum absolute atomic E-state index is 0.0406. The van der Waals surface area contributed by atoms with Crippen LogP contribution in [0.25, 0.3) is 11.3 Å². The Kier molecular flexibility index (Phi) is 5.26. The first-order valence-electron chi connectivity index (χ1n) is 9.61. The highest BCUT2D eigenvalue weighted by Gasteiger charge is 2.39. The van der Waals surface area contributed by atoms with Crippen molar-refractivity contribution in [2.45, 2.75) is 25.6 Å². The number of nitrogens with zero attached hydrogens (tertiary/aromatic N) is 2. The van der Waals surface area contributed by atoms with Gasteiger partial charge < -0.3 is 15.6 Å². The Labute approximate surface area is 175 Å². The van der Waals surface area contributed by atoms with Gasteiger partial charge in [0, 0.05) is 42.2 Å². The lowest BCUT2D eigenvalue weighted by Crippen LogP contribution is -2.33. The van der Waals surface area contributed by atoms with Crippen LogP contribution in [0.2, 0.25) is 0 Å². The summed E-state index contributed by atoms with van der Waals surface area (Å²) in [7, 11) is 0. The van der Waals surface area contributed by atoms with E-state index in [2.05, 4.69) is 10.3 Å². The molecule has 2 aromatic heterocycles. The first-order chi connectivity index (χ1) is 14.7. The van der Waals surface area contributed by atoms with Gasteiger partial charge in [0.15, 0.2) is 5.78 Å². The predicted molar refractivity (Wildman–Crippen MR) is 109 cm³/mol. The van der Waals surface area contributed by atoms with Gasteiger partial charge in [-0.25, -0.2) is 0 Å². The molecule has 0 spiro atoms. The second kappa shape index (κ2) is 7.90. The minimum Gasteiger partial charge on any atom is -0.369 e. The average molecular weight is 428 g/mol. The summed E-state index contributed by atoms with van der Waals surface area (Å²) in [6.45, 7) is -1.30. The number of anilines is 2. The van der Waals surface area contributed by atoms with Gasteiger partial charge in [-0.15, -0.1) is 0 Å². The maximum absolute atomic E-state index is 13.6. The topological polar surface area (TPSA) is 90.0 Å². The van der Waals surface area contributed by atoms with E-state index in [1.165, 1.54) is 12.4 Å². The molecule has 2 heterocycles. The number of primary amides is 1. The molecule has 1 unspecified atom stereocenters. The first kappa shape index (κ1) is 20.6. The van der Waals surface area contributed by atoms with Gasteiger partial charge >= 0.3 is 6.18 Å². The van der Waals surface area contributed by atoms with Gasteiger partial charge in [-0.1, -0.05) is 18.2 Å². The molecule has 0 saturated heterocycles. The molecule has 3 aromatic rings. The first-order valence-corrected chi connectivity index (χ1v) is 9.61. The molecule has 0 radical (unpaired) electrons. The Bertz CT molecular complexity index is 1130. The third-order valence-electron chi connectivity index (χ3n) is 5.26. The zero-order valence-corrected chi connectivity index (χ0v) is 16.3. The molecule has 31 heavy (non-hydrogen) atoms. The lowest BCUT2D eigenvalue weighted by atomic mass is 9.85. The number of rotatable bonds is 5. The van der Waals surface area contributed by atoms with Crippen molar-refractivity contribution in [2.75, 3.05) is 5.32 Å². The van der Waals surface area contributed by atoms with Crippen LogP contribution >= 0.6 is 0 Å². The number of hydrogen-bond donors (Lipinski definition) is 2. The Morgan fingerprint density at radius 2 is 1.81 bits per heavy atom. The number of nitrogens with one attached hydrogen (secondary N) is 1. The van der Waals surface area contributed by atoms with Crippen molar-refractivity contribution in [1.82, 2.24) is 9.55 Å². The zero-order valence-electron chi connectivity index (χ0n) is 16.3. The number of halogens is 3. The monoisotopic (exact) mass is 428 g/mol. The van der Waals surface area contributed by atoms with E-state index in [0.29, 0.717) is 11.3 Å². The smallest absolute Gasteiger partial charge is 0.369 e. The van der Waals surface area contributed by atoms with Crippen molar-refractivity contribution >= 4 is 23.1 Å². The van der Waals surface area contributed by atoms with E-state index in [0.717, 1.165) is 4.57 Å². The standard InChI is InChI=1S/C22H19F3N4O2/c23-22(24,25)12-29-16-10-14(21(26)31)11-17(30)18(16)19(28-15-4-2-1-3-5-15)20(29)13-6-8-27-9-7-13/h1-9,14,28H,10-12H2,(H2,26,31). The molecule has 160 valence electrons. The van der Waals surface area contributed by atoms with Gasteiger partial charge in [-0.05, 0) is 24.3 Å². The summed E-state index contributed by atoms with van der Waals surface area (Å²) in [5.74, 6) is -1.97. The summed E-state index contributed by atoms with van der Waals surface area (Å²) in [5.41, 5.74) is 7.30. The van der Waals surface area contributed by atoms with E-state index in [1.807, 2.05) is 6.07 Å². The number of carbonyl (C=O) groups is 2. The molecule has 1 aromatic carbocycles. The van der Waals surface area contributed by atoms with E-state index in [4.69, 9.17) is 5.73 Å². The number of benzene rings is 1. The highest BCUT2D eigenvalue weighted by Crippen LogP contribution is 2.43. The number of Topliss-reactive ketones (excluding diaryl/α,β-unsaturated/α-hetero) is 1. The minimum atomic E-state index is -4.54. The summed E-state index contributed by atoms with van der Waals surface area (Å²) in [6, 6.07) is 12.0. The van der Waals surface area contributed by atoms with Crippen molar-refractivity contribution in [3.8, 4) is 11.3 Å². The number of amides is 1. The van der Waals surface area contributed by atoms with Crippen LogP contribution in [0.15, 0.2) is 54.9 Å². The van der Waals surface area contributed by atoms with Crippen LogP contribution < -0.4 is 11.1 Å². The molecular formula is C22H19F3N4O2. The van der Waals surface area contributed by atoms with E-state index in [9.17, 15) is 22.8 Å². The van der Waals surface area contributed by atoms with Crippen LogP contribution in [0.3, 0.4) is 0 Å². The summed E-state index contributed by atoms with van der Waals surface area (Å²) < 4.78 is 41.8. The number of fused-ring (bicyclic) bond motifs is 1. The van der Waals surface area contributed by atoms with Gasteiger partial charge in [0.1, 0.15) is 6.54 Å². The van der Waals surface area contributed by atoms with E-state index in [-0.39, 0.29) is 35.5 Å². The average Bonchev–Trinajstić information content (AvgIpc) is 3.01. The SMILES string of the molecule is NC(=O)C1CC(=O)c2c(Nc3ccccc3)c(-c3ccncc3)n(CC(F)(F)F)c2C1. The zero-order chi connectivity index (χ0) is 22.2. The quantitative estimate of drug-likeness (QED) is 0.641. The number of para-hydroxylation sites is 1. The van der Waals surface area contributed by atoms with Crippen LogP contribution in [-0.4, -0.2) is 27.4 Å². The fourth-order valence-corrected chi connectivity index (χ4v) is 3.96. The number of hydrogen-bond acceptors (Lipinski definition) is 4. The maximum atomic E-state index is 13.6. The highest BCUT2D eigenvalue weighted by molar-refractivity contribution is 6.09. The van der Waals surface area contributed by atoms with E-state index in [1.54, 1.807) is 36.4 Å². The molecule has 4 rings (SSSR count). The fourth-order valence-electron chi connectivity index (χ4n) is 3.96. The molecule has 6 nitrogen and oxygen atoms in total. The Balaban J connectivity index is 1.99. The maximum Gasteiger partial charge on any atom is 0.406 e. The van der Waals surface area contributed by atoms with Crippen molar-refractivity contribution < 1.29 is 22.8 Å². The molecule has 9 heteroatoms. The molecule has 1 aliphatic carbocycles. The Morgan fingerprint density at radius 1 is 1.13 bits per heavy atom. The largest absolute Gasteiger partial charge is 0.406 e. The third-order valence-corrected chi connectivity index (χ3v) is 5.26. The van der Waals surface area contributed by atoms with Crippen LogP contribution in [0.1, 0.15) is 22.5 Å². The van der Waals surface area contributed by atoms with Gasteiger partial charge in [0.05, 0.1) is 22.9 Å². The highest BCUT2D eigenvalue weighted by atomic mass is 19.4. The second-order valence-corrected chi connectivity index (χ2v) is 7.40. The molecule has 1 amide bonds. The van der Waals surface area contributed by atoms with Gasteiger partial charge in [-0.2, -0.15) is 13.2 Å². The van der Waals surface area contributed by atoms with Gasteiger partial charge in [0.25, 0.3) is 0 Å². The molecule has 0 saturated carbocycles. The van der Waals surface area contributed by atoms with Crippen LogP contribution in [0.4, 0.5) is 24.5 Å². The molecule has 0 aliphatic heterocycles. The number of ketones is 1. The molecule has 1 atom stereocenters. The number of alkyl halides is 3. The summed E-state index contributed by atoms with van der Waals surface area (Å²) >= 11 is 0. The van der Waals surface area contributed by atoms with Crippen molar-refractivity contribution in [1.29, 1.82) is 0 Å². The molecule has 0 bridgehead atoms. The summed E-state index contributed by atoms with van der Waals surface area (Å²) in [6.07, 6.45) is -1.78. The van der Waals surface area contributed by atoms with Crippen molar-refractivity contribution in [3.05, 3.63) is 66.1 Å². The van der Waals surface area contributed by atoms with Gasteiger partial charge in [0.2, 0.25) is 5.91 Å². The van der Waals surface area contributed by atoms with Crippen molar-refractivity contribution in [2.24, 2.45) is 11.7 Å².